The highest BCUT2D eigenvalue weighted by molar-refractivity contribution is 6.17. The number of likely N-dealkylation sites (N-methyl/N-ethyl adjacent to an activating group) is 1. The highest BCUT2D eigenvalue weighted by atomic mass is 35.5. The molecule has 0 amide bonds. The second-order valence-electron chi connectivity index (χ2n) is 4.59. The molecule has 0 bridgehead atoms. The predicted molar refractivity (Wildman–Crippen MR) is 70.8 cm³/mol. The third-order valence-corrected chi connectivity index (χ3v) is 3.81. The first-order chi connectivity index (χ1) is 8.13. The van der Waals surface area contributed by atoms with E-state index in [4.69, 9.17) is 16.3 Å². The van der Waals surface area contributed by atoms with E-state index in [2.05, 4.69) is 29.9 Å². The molecule has 0 N–H and O–H groups in total. The number of aryl methyl sites for hydroxylation is 1. The molecule has 2 heterocycles. The Hall–Kier alpha value is -0.800. The summed E-state index contributed by atoms with van der Waals surface area (Å²) >= 11 is 5.84. The van der Waals surface area contributed by atoms with Crippen LogP contribution in [0.25, 0.3) is 0 Å². The van der Waals surface area contributed by atoms with Crippen molar-refractivity contribution in [3.63, 3.8) is 0 Å². The Morgan fingerprint density at radius 2 is 2.29 bits per heavy atom. The molecule has 0 aromatic carbocycles. The standard InChI is InChI=1S/C13H19ClN2O/c1-9-11(8-14)4-5-13(15-9)16(3)12-6-7-17-10(12)2/h4-5,10,12H,6-8H2,1-3H3. The van der Waals surface area contributed by atoms with E-state index in [0.29, 0.717) is 11.9 Å². The van der Waals surface area contributed by atoms with Crippen LogP contribution in [0.1, 0.15) is 24.6 Å². The van der Waals surface area contributed by atoms with Crippen molar-refractivity contribution in [3.05, 3.63) is 23.4 Å². The summed E-state index contributed by atoms with van der Waals surface area (Å²) in [5, 5.41) is 0. The van der Waals surface area contributed by atoms with Crippen LogP contribution in [-0.4, -0.2) is 30.8 Å². The van der Waals surface area contributed by atoms with Crippen LogP contribution in [0.15, 0.2) is 12.1 Å². The summed E-state index contributed by atoms with van der Waals surface area (Å²) in [6.07, 6.45) is 1.34. The van der Waals surface area contributed by atoms with Crippen molar-refractivity contribution in [1.29, 1.82) is 0 Å². The van der Waals surface area contributed by atoms with Gasteiger partial charge in [-0.05, 0) is 31.9 Å². The molecule has 0 aliphatic carbocycles. The molecule has 4 heteroatoms. The van der Waals surface area contributed by atoms with E-state index >= 15 is 0 Å². The minimum absolute atomic E-state index is 0.273. The molecule has 2 rings (SSSR count). The minimum Gasteiger partial charge on any atom is -0.376 e. The summed E-state index contributed by atoms with van der Waals surface area (Å²) in [4.78, 5) is 6.82. The van der Waals surface area contributed by atoms with E-state index in [9.17, 15) is 0 Å². The maximum Gasteiger partial charge on any atom is 0.128 e. The zero-order valence-electron chi connectivity index (χ0n) is 10.6. The summed E-state index contributed by atoms with van der Waals surface area (Å²) in [5.41, 5.74) is 2.11. The van der Waals surface area contributed by atoms with E-state index in [0.717, 1.165) is 30.1 Å². The smallest absolute Gasteiger partial charge is 0.128 e. The fourth-order valence-corrected chi connectivity index (χ4v) is 2.60. The molecule has 1 aromatic rings. The van der Waals surface area contributed by atoms with Gasteiger partial charge in [-0.3, -0.25) is 0 Å². The molecule has 0 saturated carbocycles. The number of halogens is 1. The lowest BCUT2D eigenvalue weighted by Gasteiger charge is -2.28. The van der Waals surface area contributed by atoms with E-state index < -0.39 is 0 Å². The molecule has 94 valence electrons. The lowest BCUT2D eigenvalue weighted by molar-refractivity contribution is 0.118. The summed E-state index contributed by atoms with van der Waals surface area (Å²) in [6, 6.07) is 4.51. The Bertz CT molecular complexity index is 397. The van der Waals surface area contributed by atoms with Gasteiger partial charge in [-0.15, -0.1) is 11.6 Å². The van der Waals surface area contributed by atoms with Crippen molar-refractivity contribution in [2.45, 2.75) is 38.3 Å². The SMILES string of the molecule is Cc1nc(N(C)C2CCOC2C)ccc1CCl. The number of alkyl halides is 1. The molecular weight excluding hydrogens is 236 g/mol. The van der Waals surface area contributed by atoms with Gasteiger partial charge < -0.3 is 9.64 Å². The van der Waals surface area contributed by atoms with Crippen LogP contribution in [0.2, 0.25) is 0 Å². The second-order valence-corrected chi connectivity index (χ2v) is 4.86. The summed E-state index contributed by atoms with van der Waals surface area (Å²) < 4.78 is 5.59. The zero-order chi connectivity index (χ0) is 12.4. The van der Waals surface area contributed by atoms with Gasteiger partial charge in [-0.1, -0.05) is 6.07 Å². The summed E-state index contributed by atoms with van der Waals surface area (Å²) in [6.45, 7) is 4.96. The van der Waals surface area contributed by atoms with Crippen molar-refractivity contribution < 1.29 is 4.74 Å². The molecule has 2 atom stereocenters. The molecule has 1 aliphatic heterocycles. The van der Waals surface area contributed by atoms with Gasteiger partial charge in [-0.2, -0.15) is 0 Å². The van der Waals surface area contributed by atoms with E-state index in [1.807, 2.05) is 13.0 Å². The molecule has 1 saturated heterocycles. The van der Waals surface area contributed by atoms with Gasteiger partial charge in [0.1, 0.15) is 5.82 Å². The molecule has 1 aliphatic rings. The van der Waals surface area contributed by atoms with E-state index in [1.54, 1.807) is 0 Å². The molecule has 0 spiro atoms. The van der Waals surface area contributed by atoms with Gasteiger partial charge in [0, 0.05) is 25.2 Å². The van der Waals surface area contributed by atoms with Crippen LogP contribution < -0.4 is 4.90 Å². The molecule has 3 nitrogen and oxygen atoms in total. The molecule has 1 fully saturated rings. The van der Waals surface area contributed by atoms with Crippen LogP contribution in [-0.2, 0) is 10.6 Å². The van der Waals surface area contributed by atoms with Crippen molar-refractivity contribution in [2.75, 3.05) is 18.6 Å². The van der Waals surface area contributed by atoms with E-state index in [-0.39, 0.29) is 6.10 Å². The van der Waals surface area contributed by atoms with Crippen molar-refractivity contribution in [2.24, 2.45) is 0 Å². The van der Waals surface area contributed by atoms with Crippen LogP contribution in [0.4, 0.5) is 5.82 Å². The topological polar surface area (TPSA) is 25.4 Å². The van der Waals surface area contributed by atoms with Gasteiger partial charge in [0.15, 0.2) is 0 Å². The van der Waals surface area contributed by atoms with Crippen molar-refractivity contribution in [1.82, 2.24) is 4.98 Å². The Balaban J connectivity index is 2.19. The Morgan fingerprint density at radius 3 is 2.82 bits per heavy atom. The van der Waals surface area contributed by atoms with Gasteiger partial charge >= 0.3 is 0 Å². The third-order valence-electron chi connectivity index (χ3n) is 3.52. The van der Waals surface area contributed by atoms with Crippen LogP contribution in [0, 0.1) is 6.92 Å². The first kappa shape index (κ1) is 12.7. The van der Waals surface area contributed by atoms with Crippen LogP contribution in [0.3, 0.4) is 0 Å². The Labute approximate surface area is 108 Å². The number of hydrogen-bond donors (Lipinski definition) is 0. The number of hydrogen-bond acceptors (Lipinski definition) is 3. The van der Waals surface area contributed by atoms with Gasteiger partial charge in [0.05, 0.1) is 12.1 Å². The number of aromatic nitrogens is 1. The van der Waals surface area contributed by atoms with E-state index in [1.165, 1.54) is 0 Å². The second kappa shape index (κ2) is 5.23. The fraction of sp³-hybridized carbons (Fsp3) is 0.615. The number of nitrogens with zero attached hydrogens (tertiary/aromatic N) is 2. The minimum atomic E-state index is 0.273. The maximum absolute atomic E-state index is 5.84. The molecular formula is C13H19ClN2O. The number of pyridine rings is 1. The normalized spacial score (nSPS) is 24.0. The molecule has 17 heavy (non-hydrogen) atoms. The summed E-state index contributed by atoms with van der Waals surface area (Å²) in [5.74, 6) is 1.52. The Morgan fingerprint density at radius 1 is 1.53 bits per heavy atom. The monoisotopic (exact) mass is 254 g/mol. The number of rotatable bonds is 3. The number of ether oxygens (including phenoxy) is 1. The largest absolute Gasteiger partial charge is 0.376 e. The van der Waals surface area contributed by atoms with Crippen molar-refractivity contribution in [3.8, 4) is 0 Å². The molecule has 1 aromatic heterocycles. The summed E-state index contributed by atoms with van der Waals surface area (Å²) in [7, 11) is 2.08. The van der Waals surface area contributed by atoms with Crippen LogP contribution >= 0.6 is 11.6 Å². The lowest BCUT2D eigenvalue weighted by atomic mass is 10.1. The number of anilines is 1. The quantitative estimate of drug-likeness (QED) is 0.776. The maximum atomic E-state index is 5.84. The third kappa shape index (κ3) is 2.55. The molecule has 0 radical (unpaired) electrons. The highest BCUT2D eigenvalue weighted by Crippen LogP contribution is 2.24. The predicted octanol–water partition coefficient (Wildman–Crippen LogP) is 2.74. The fourth-order valence-electron chi connectivity index (χ4n) is 2.31. The van der Waals surface area contributed by atoms with Crippen molar-refractivity contribution >= 4 is 17.4 Å². The van der Waals surface area contributed by atoms with Gasteiger partial charge in [0.25, 0.3) is 0 Å². The van der Waals surface area contributed by atoms with Gasteiger partial charge in [0.2, 0.25) is 0 Å². The Kier molecular flexibility index (Phi) is 3.89. The average molecular weight is 255 g/mol. The highest BCUT2D eigenvalue weighted by Gasteiger charge is 2.28. The lowest BCUT2D eigenvalue weighted by Crippen LogP contribution is -2.37. The van der Waals surface area contributed by atoms with Crippen LogP contribution in [0.5, 0.6) is 0 Å². The molecule has 2 unspecified atom stereocenters. The average Bonchev–Trinajstić information content (AvgIpc) is 2.74. The first-order valence-electron chi connectivity index (χ1n) is 6.00. The first-order valence-corrected chi connectivity index (χ1v) is 6.54. The van der Waals surface area contributed by atoms with Gasteiger partial charge in [-0.25, -0.2) is 4.98 Å². The zero-order valence-corrected chi connectivity index (χ0v) is 11.4.